The minimum Gasteiger partial charge on any atom is -0.497 e. The zero-order valence-electron chi connectivity index (χ0n) is 20.4. The molecule has 0 amide bonds. The first-order chi connectivity index (χ1) is 17.0. The minimum absolute atomic E-state index is 0. The lowest BCUT2D eigenvalue weighted by Gasteiger charge is -2.30. The van der Waals surface area contributed by atoms with E-state index in [1.165, 1.54) is 28.2 Å². The quantitative estimate of drug-likeness (QED) is 0.320. The molecule has 0 unspecified atom stereocenters. The summed E-state index contributed by atoms with van der Waals surface area (Å²) in [6.07, 6.45) is 4.76. The van der Waals surface area contributed by atoms with Crippen LogP contribution in [0.25, 0.3) is 10.5 Å². The van der Waals surface area contributed by atoms with E-state index in [-0.39, 0.29) is 23.8 Å². The van der Waals surface area contributed by atoms with Gasteiger partial charge in [0.15, 0.2) is 4.96 Å². The Labute approximate surface area is 220 Å². The fourth-order valence-electron chi connectivity index (χ4n) is 4.69. The summed E-state index contributed by atoms with van der Waals surface area (Å²) < 4.78 is 20.6. The van der Waals surface area contributed by atoms with Crippen molar-refractivity contribution in [3.05, 3.63) is 104 Å². The van der Waals surface area contributed by atoms with E-state index >= 15 is 0 Å². The van der Waals surface area contributed by atoms with Gasteiger partial charge in [0, 0.05) is 42.5 Å². The highest BCUT2D eigenvalue weighted by Crippen LogP contribution is 2.33. The molecule has 0 N–H and O–H groups in total. The number of halogens is 2. The van der Waals surface area contributed by atoms with Gasteiger partial charge in [-0.25, -0.2) is 9.37 Å². The summed E-state index contributed by atoms with van der Waals surface area (Å²) in [7, 11) is 1.67. The smallest absolute Gasteiger partial charge is 0.258 e. The number of benzene rings is 2. The van der Waals surface area contributed by atoms with Crippen LogP contribution in [0, 0.1) is 12.7 Å². The maximum absolute atomic E-state index is 13.6. The van der Waals surface area contributed by atoms with Crippen LogP contribution in [0.15, 0.2) is 71.2 Å². The molecule has 0 radical (unpaired) electrons. The molecule has 1 saturated heterocycles. The topological polar surface area (TPSA) is 46.8 Å². The van der Waals surface area contributed by atoms with Gasteiger partial charge in [0.1, 0.15) is 11.6 Å². The van der Waals surface area contributed by atoms with Crippen LogP contribution in [0.2, 0.25) is 0 Å². The number of fused-ring (bicyclic) bond motifs is 1. The van der Waals surface area contributed by atoms with E-state index < -0.39 is 0 Å². The van der Waals surface area contributed by atoms with Gasteiger partial charge in [-0.2, -0.15) is 0 Å². The summed E-state index contributed by atoms with van der Waals surface area (Å²) in [6.45, 7) is 4.74. The van der Waals surface area contributed by atoms with E-state index in [1.807, 2.05) is 37.4 Å². The highest BCUT2D eigenvalue weighted by atomic mass is 35.5. The lowest BCUT2D eigenvalue weighted by atomic mass is 9.88. The largest absolute Gasteiger partial charge is 0.497 e. The molecule has 0 saturated carbocycles. The van der Waals surface area contributed by atoms with Crippen LogP contribution in [0.4, 0.5) is 4.39 Å². The molecule has 8 heteroatoms. The number of ether oxygens (including phenoxy) is 1. The van der Waals surface area contributed by atoms with Crippen LogP contribution in [0.3, 0.4) is 0 Å². The third-order valence-electron chi connectivity index (χ3n) is 6.54. The molecule has 1 aliphatic rings. The molecule has 4 aromatic rings. The fraction of sp³-hybridized carbons (Fsp3) is 0.286. The second-order valence-corrected chi connectivity index (χ2v) is 9.99. The average molecular weight is 526 g/mol. The molecular formula is C28H29ClFN3O2S. The highest BCUT2D eigenvalue weighted by Gasteiger charge is 2.19. The van der Waals surface area contributed by atoms with Crippen molar-refractivity contribution in [2.45, 2.75) is 26.2 Å². The summed E-state index contributed by atoms with van der Waals surface area (Å²) in [4.78, 5) is 21.1. The molecule has 5 nitrogen and oxygen atoms in total. The fourth-order valence-corrected chi connectivity index (χ4v) is 5.70. The average Bonchev–Trinajstić information content (AvgIpc) is 3.28. The lowest BCUT2D eigenvalue weighted by Crippen LogP contribution is -2.32. The molecule has 3 heterocycles. The molecule has 0 spiro atoms. The van der Waals surface area contributed by atoms with Gasteiger partial charge in [-0.05, 0) is 67.2 Å². The van der Waals surface area contributed by atoms with Crippen LogP contribution >= 0.6 is 23.7 Å². The zero-order chi connectivity index (χ0) is 24.4. The van der Waals surface area contributed by atoms with E-state index in [9.17, 15) is 9.18 Å². The summed E-state index contributed by atoms with van der Waals surface area (Å²) >= 11 is 1.59. The summed E-state index contributed by atoms with van der Waals surface area (Å²) in [5.74, 6) is 0.595. The molecule has 36 heavy (non-hydrogen) atoms. The normalized spacial score (nSPS) is 14.0. The molecule has 2 aromatic heterocycles. The van der Waals surface area contributed by atoms with Crippen molar-refractivity contribution in [2.75, 3.05) is 26.7 Å². The number of thiazole rings is 1. The van der Waals surface area contributed by atoms with Gasteiger partial charge in [-0.15, -0.1) is 23.7 Å². The highest BCUT2D eigenvalue weighted by molar-refractivity contribution is 7.17. The Balaban J connectivity index is 0.00000304. The van der Waals surface area contributed by atoms with Crippen molar-refractivity contribution >= 4 is 34.3 Å². The Morgan fingerprint density at radius 2 is 1.69 bits per heavy atom. The van der Waals surface area contributed by atoms with Crippen LogP contribution in [0.1, 0.15) is 34.5 Å². The molecular weight excluding hydrogens is 497 g/mol. The molecule has 0 atom stereocenters. The van der Waals surface area contributed by atoms with Gasteiger partial charge < -0.3 is 9.64 Å². The van der Waals surface area contributed by atoms with Crippen molar-refractivity contribution < 1.29 is 9.13 Å². The Bertz CT molecular complexity index is 1420. The maximum atomic E-state index is 13.6. The first kappa shape index (κ1) is 26.1. The van der Waals surface area contributed by atoms with Crippen molar-refractivity contribution in [2.24, 2.45) is 0 Å². The Morgan fingerprint density at radius 3 is 2.33 bits per heavy atom. The summed E-state index contributed by atoms with van der Waals surface area (Å²) in [5.41, 5.74) is 5.49. The number of rotatable bonds is 6. The van der Waals surface area contributed by atoms with E-state index in [2.05, 4.69) is 22.0 Å². The standard InChI is InChI=1S/C28H28FN3O2S.ClH/c1-19-17-26(33)32-18-25(35-28(32)30-19)13-16-31-14-11-22(12-15-31)27(20-3-7-23(29)8-4-20)21-5-9-24(34-2)10-6-21;/h3-10,17-18H,11-16H2,1-2H3;1H. The molecule has 1 fully saturated rings. The molecule has 0 aliphatic carbocycles. The van der Waals surface area contributed by atoms with E-state index in [1.54, 1.807) is 28.9 Å². The number of aryl methyl sites for hydroxylation is 1. The van der Waals surface area contributed by atoms with Crippen LogP contribution < -0.4 is 10.3 Å². The Morgan fingerprint density at radius 1 is 1.06 bits per heavy atom. The predicted molar refractivity (Wildman–Crippen MR) is 146 cm³/mol. The second kappa shape index (κ2) is 11.4. The van der Waals surface area contributed by atoms with Gasteiger partial charge in [0.05, 0.1) is 7.11 Å². The lowest BCUT2D eigenvalue weighted by molar-refractivity contribution is 0.260. The Hall–Kier alpha value is -3.00. The van der Waals surface area contributed by atoms with E-state index in [0.29, 0.717) is 0 Å². The minimum atomic E-state index is -0.225. The maximum Gasteiger partial charge on any atom is 0.258 e. The van der Waals surface area contributed by atoms with Crippen LogP contribution in [0.5, 0.6) is 5.75 Å². The first-order valence-corrected chi connectivity index (χ1v) is 12.7. The summed E-state index contributed by atoms with van der Waals surface area (Å²) in [5, 5.41) is 0. The number of hydrogen-bond donors (Lipinski definition) is 0. The predicted octanol–water partition coefficient (Wildman–Crippen LogP) is 5.77. The van der Waals surface area contributed by atoms with Crippen molar-refractivity contribution in [3.8, 4) is 5.75 Å². The molecule has 1 aliphatic heterocycles. The number of aromatic nitrogens is 2. The third-order valence-corrected chi connectivity index (χ3v) is 7.58. The molecule has 5 rings (SSSR count). The van der Waals surface area contributed by atoms with Crippen LogP contribution in [-0.4, -0.2) is 41.0 Å². The Kier molecular flexibility index (Phi) is 8.24. The molecule has 2 aromatic carbocycles. The zero-order valence-corrected chi connectivity index (χ0v) is 22.0. The second-order valence-electron chi connectivity index (χ2n) is 8.89. The SMILES string of the molecule is COc1ccc(C(=C2CCN(CCc3cn4c(=O)cc(C)nc4s3)CC2)c2ccc(F)cc2)cc1.Cl. The van der Waals surface area contributed by atoms with Gasteiger partial charge in [0.25, 0.3) is 5.56 Å². The summed E-state index contributed by atoms with van der Waals surface area (Å²) in [6, 6.07) is 16.5. The van der Waals surface area contributed by atoms with Gasteiger partial charge in [-0.1, -0.05) is 29.8 Å². The molecule has 188 valence electrons. The third kappa shape index (κ3) is 5.69. The monoisotopic (exact) mass is 525 g/mol. The number of methoxy groups -OCH3 is 1. The molecule has 0 bridgehead atoms. The van der Waals surface area contributed by atoms with Gasteiger partial charge in [-0.3, -0.25) is 9.20 Å². The number of hydrogen-bond acceptors (Lipinski definition) is 5. The van der Waals surface area contributed by atoms with Gasteiger partial charge >= 0.3 is 0 Å². The van der Waals surface area contributed by atoms with Crippen molar-refractivity contribution in [3.63, 3.8) is 0 Å². The van der Waals surface area contributed by atoms with E-state index in [4.69, 9.17) is 4.74 Å². The number of likely N-dealkylation sites (tertiary alicyclic amines) is 1. The van der Waals surface area contributed by atoms with E-state index in [0.717, 1.165) is 66.4 Å². The number of piperidine rings is 1. The van der Waals surface area contributed by atoms with Crippen molar-refractivity contribution in [1.82, 2.24) is 14.3 Å². The van der Waals surface area contributed by atoms with Gasteiger partial charge in [0.2, 0.25) is 0 Å². The van der Waals surface area contributed by atoms with Crippen molar-refractivity contribution in [1.29, 1.82) is 0 Å². The van der Waals surface area contributed by atoms with Crippen LogP contribution in [-0.2, 0) is 6.42 Å². The number of nitrogens with zero attached hydrogens (tertiary/aromatic N) is 3. The first-order valence-electron chi connectivity index (χ1n) is 11.8.